The molecule has 1 aromatic heterocycles. The maximum Gasteiger partial charge on any atom is 0.269 e. The predicted molar refractivity (Wildman–Crippen MR) is 81.2 cm³/mol. The molecule has 2 amide bonds. The smallest absolute Gasteiger partial charge is 0.269 e. The first-order valence-electron chi connectivity index (χ1n) is 7.38. The number of aromatic nitrogens is 2. The molecule has 6 heteroatoms. The number of benzene rings is 1. The average Bonchev–Trinajstić information content (AvgIpc) is 3.05. The summed E-state index contributed by atoms with van der Waals surface area (Å²) < 4.78 is 0. The van der Waals surface area contributed by atoms with Gasteiger partial charge in [-0.2, -0.15) is 5.10 Å². The van der Waals surface area contributed by atoms with Crippen molar-refractivity contribution in [3.63, 3.8) is 0 Å². The number of nitrogens with one attached hydrogen (secondary N) is 1. The van der Waals surface area contributed by atoms with Gasteiger partial charge in [-0.25, -0.2) is 0 Å². The van der Waals surface area contributed by atoms with E-state index < -0.39 is 5.91 Å². The van der Waals surface area contributed by atoms with Crippen LogP contribution in [0.3, 0.4) is 0 Å². The van der Waals surface area contributed by atoms with Crippen molar-refractivity contribution in [2.45, 2.75) is 25.3 Å². The standard InChI is InChI=1S/C16H18N4O2/c17-15(21)13-10-12(18-19-13)14-8-4-5-9-20(14)16(22)11-6-2-1-3-7-11/h1-3,6-7,10,14H,4-5,8-9H2,(H2,17,21)(H,18,19)/t14-/m1/s1. The van der Waals surface area contributed by atoms with Gasteiger partial charge in [0.25, 0.3) is 11.8 Å². The summed E-state index contributed by atoms with van der Waals surface area (Å²) >= 11 is 0. The van der Waals surface area contributed by atoms with Crippen molar-refractivity contribution >= 4 is 11.8 Å². The maximum absolute atomic E-state index is 12.7. The van der Waals surface area contributed by atoms with Crippen LogP contribution in [0.4, 0.5) is 0 Å². The molecule has 1 fully saturated rings. The van der Waals surface area contributed by atoms with Gasteiger partial charge in [0, 0.05) is 12.1 Å². The monoisotopic (exact) mass is 298 g/mol. The normalized spacial score (nSPS) is 18.2. The van der Waals surface area contributed by atoms with Gasteiger partial charge < -0.3 is 10.6 Å². The Morgan fingerprint density at radius 3 is 2.68 bits per heavy atom. The van der Waals surface area contributed by atoms with E-state index in [9.17, 15) is 9.59 Å². The van der Waals surface area contributed by atoms with Gasteiger partial charge >= 0.3 is 0 Å². The number of carbonyl (C=O) groups is 2. The van der Waals surface area contributed by atoms with Gasteiger partial charge in [0.05, 0.1) is 11.7 Å². The summed E-state index contributed by atoms with van der Waals surface area (Å²) in [6.45, 7) is 0.698. The van der Waals surface area contributed by atoms with E-state index in [4.69, 9.17) is 5.73 Å². The average molecular weight is 298 g/mol. The molecule has 0 aliphatic carbocycles. The first-order valence-corrected chi connectivity index (χ1v) is 7.38. The molecule has 2 aromatic rings. The highest BCUT2D eigenvalue weighted by atomic mass is 16.2. The molecule has 0 saturated carbocycles. The zero-order chi connectivity index (χ0) is 15.5. The van der Waals surface area contributed by atoms with Crippen LogP contribution in [0, 0.1) is 0 Å². The van der Waals surface area contributed by atoms with Crippen LogP contribution in [0.5, 0.6) is 0 Å². The lowest BCUT2D eigenvalue weighted by Gasteiger charge is -2.35. The number of aromatic amines is 1. The van der Waals surface area contributed by atoms with Gasteiger partial charge in [0.2, 0.25) is 0 Å². The van der Waals surface area contributed by atoms with Crippen LogP contribution in [-0.4, -0.2) is 33.5 Å². The molecule has 1 aliphatic rings. The molecule has 0 radical (unpaired) electrons. The molecule has 3 rings (SSSR count). The van der Waals surface area contributed by atoms with E-state index >= 15 is 0 Å². The minimum absolute atomic E-state index is 0.000486. The van der Waals surface area contributed by atoms with Gasteiger partial charge in [-0.1, -0.05) is 18.2 Å². The molecule has 1 aliphatic heterocycles. The molecular weight excluding hydrogens is 280 g/mol. The number of rotatable bonds is 3. The van der Waals surface area contributed by atoms with Gasteiger partial charge in [-0.15, -0.1) is 0 Å². The Balaban J connectivity index is 1.87. The van der Waals surface area contributed by atoms with E-state index in [1.165, 1.54) is 0 Å². The van der Waals surface area contributed by atoms with Crippen LogP contribution in [0.2, 0.25) is 0 Å². The summed E-state index contributed by atoms with van der Waals surface area (Å²) in [5.74, 6) is -0.570. The molecule has 3 N–H and O–H groups in total. The Labute approximate surface area is 128 Å². The summed E-state index contributed by atoms with van der Waals surface area (Å²) in [4.78, 5) is 25.8. The zero-order valence-electron chi connectivity index (χ0n) is 12.2. The summed E-state index contributed by atoms with van der Waals surface area (Å²) in [7, 11) is 0. The number of hydrogen-bond donors (Lipinski definition) is 2. The molecular formula is C16H18N4O2. The fourth-order valence-corrected chi connectivity index (χ4v) is 2.88. The lowest BCUT2D eigenvalue weighted by molar-refractivity contribution is 0.0606. The third-order valence-corrected chi connectivity index (χ3v) is 3.99. The van der Waals surface area contributed by atoms with Crippen molar-refractivity contribution in [3.8, 4) is 0 Å². The van der Waals surface area contributed by atoms with Crippen LogP contribution < -0.4 is 5.73 Å². The highest BCUT2D eigenvalue weighted by molar-refractivity contribution is 5.94. The summed E-state index contributed by atoms with van der Waals surface area (Å²) in [6.07, 6.45) is 2.86. The van der Waals surface area contributed by atoms with Crippen molar-refractivity contribution < 1.29 is 9.59 Å². The van der Waals surface area contributed by atoms with Gasteiger partial charge in [-0.05, 0) is 37.5 Å². The predicted octanol–water partition coefficient (Wildman–Crippen LogP) is 1.88. The Kier molecular flexibility index (Phi) is 3.91. The molecule has 0 bridgehead atoms. The maximum atomic E-state index is 12.7. The van der Waals surface area contributed by atoms with Crippen molar-refractivity contribution in [3.05, 3.63) is 53.3 Å². The van der Waals surface area contributed by atoms with Gasteiger partial charge in [0.1, 0.15) is 5.69 Å². The van der Waals surface area contributed by atoms with Crippen LogP contribution in [-0.2, 0) is 0 Å². The van der Waals surface area contributed by atoms with E-state index in [1.807, 2.05) is 35.2 Å². The number of H-pyrrole nitrogens is 1. The van der Waals surface area contributed by atoms with E-state index in [2.05, 4.69) is 10.2 Å². The fourth-order valence-electron chi connectivity index (χ4n) is 2.88. The van der Waals surface area contributed by atoms with E-state index in [-0.39, 0.29) is 17.6 Å². The summed E-state index contributed by atoms with van der Waals surface area (Å²) in [5.41, 5.74) is 6.87. The molecule has 114 valence electrons. The number of hydrogen-bond acceptors (Lipinski definition) is 3. The molecule has 1 saturated heterocycles. The zero-order valence-corrected chi connectivity index (χ0v) is 12.2. The Hall–Kier alpha value is -2.63. The Bertz CT molecular complexity index is 680. The second kappa shape index (κ2) is 6.01. The topological polar surface area (TPSA) is 92.1 Å². The van der Waals surface area contributed by atoms with E-state index in [1.54, 1.807) is 6.07 Å². The van der Waals surface area contributed by atoms with Crippen LogP contribution in [0.1, 0.15) is 51.8 Å². The Morgan fingerprint density at radius 1 is 1.23 bits per heavy atom. The third kappa shape index (κ3) is 2.72. The Morgan fingerprint density at radius 2 is 2.00 bits per heavy atom. The molecule has 2 heterocycles. The number of nitrogens with two attached hydrogens (primary N) is 1. The van der Waals surface area contributed by atoms with Crippen molar-refractivity contribution in [2.24, 2.45) is 5.73 Å². The number of nitrogens with zero attached hydrogens (tertiary/aromatic N) is 2. The third-order valence-electron chi connectivity index (χ3n) is 3.99. The quantitative estimate of drug-likeness (QED) is 0.906. The van der Waals surface area contributed by atoms with Gasteiger partial charge in [-0.3, -0.25) is 14.7 Å². The van der Waals surface area contributed by atoms with Crippen molar-refractivity contribution in [1.29, 1.82) is 0 Å². The van der Waals surface area contributed by atoms with Gasteiger partial charge in [0.15, 0.2) is 0 Å². The first-order chi connectivity index (χ1) is 10.7. The number of likely N-dealkylation sites (tertiary alicyclic amines) is 1. The SMILES string of the molecule is NC(=O)c1cc([C@H]2CCCCN2C(=O)c2ccccc2)[nH]n1. The minimum Gasteiger partial charge on any atom is -0.364 e. The largest absolute Gasteiger partial charge is 0.364 e. The second-order valence-electron chi connectivity index (χ2n) is 5.45. The lowest BCUT2D eigenvalue weighted by Crippen LogP contribution is -2.38. The number of amides is 2. The molecule has 1 atom stereocenters. The highest BCUT2D eigenvalue weighted by Gasteiger charge is 2.30. The van der Waals surface area contributed by atoms with E-state index in [0.29, 0.717) is 12.1 Å². The van der Waals surface area contributed by atoms with Crippen LogP contribution >= 0.6 is 0 Å². The molecule has 22 heavy (non-hydrogen) atoms. The fraction of sp³-hybridized carbons (Fsp3) is 0.312. The first kappa shape index (κ1) is 14.3. The van der Waals surface area contributed by atoms with Crippen LogP contribution in [0.15, 0.2) is 36.4 Å². The molecule has 0 unspecified atom stereocenters. The lowest BCUT2D eigenvalue weighted by atomic mass is 9.98. The van der Waals surface area contributed by atoms with Crippen LogP contribution in [0.25, 0.3) is 0 Å². The summed E-state index contributed by atoms with van der Waals surface area (Å²) in [6, 6.07) is 10.8. The number of primary amides is 1. The second-order valence-corrected chi connectivity index (χ2v) is 5.45. The number of carbonyl (C=O) groups excluding carboxylic acids is 2. The van der Waals surface area contributed by atoms with E-state index in [0.717, 1.165) is 25.0 Å². The summed E-state index contributed by atoms with van der Waals surface area (Å²) in [5, 5.41) is 6.77. The molecule has 1 aromatic carbocycles. The van der Waals surface area contributed by atoms with Crippen molar-refractivity contribution in [1.82, 2.24) is 15.1 Å². The molecule has 0 spiro atoms. The molecule has 6 nitrogen and oxygen atoms in total. The minimum atomic E-state index is -0.570. The highest BCUT2D eigenvalue weighted by Crippen LogP contribution is 2.31. The number of piperidine rings is 1. The van der Waals surface area contributed by atoms with Crippen molar-refractivity contribution in [2.75, 3.05) is 6.54 Å².